The number of fused-ring (bicyclic) bond motifs is 1. The van der Waals surface area contributed by atoms with Crippen LogP contribution in [0.4, 0.5) is 5.69 Å². The topological polar surface area (TPSA) is 55.1 Å². The molecule has 21 heavy (non-hydrogen) atoms. The van der Waals surface area contributed by atoms with Crippen molar-refractivity contribution in [3.63, 3.8) is 0 Å². The van der Waals surface area contributed by atoms with E-state index in [-0.39, 0.29) is 17.4 Å². The largest absolute Gasteiger partial charge is 0.325 e. The van der Waals surface area contributed by atoms with E-state index in [9.17, 15) is 4.79 Å². The highest BCUT2D eigenvalue weighted by molar-refractivity contribution is 6.05. The van der Waals surface area contributed by atoms with Gasteiger partial charge >= 0.3 is 0 Å². The summed E-state index contributed by atoms with van der Waals surface area (Å²) in [6.45, 7) is 6.27. The summed E-state index contributed by atoms with van der Waals surface area (Å²) in [6.07, 6.45) is 6.29. The van der Waals surface area contributed by atoms with Crippen molar-refractivity contribution in [3.8, 4) is 0 Å². The standard InChI is InChI=1S/C18H26N2O/c1-17(2)13-11-12(7-8-14(13)20-16(17)21)15(19)18(3)9-5-4-6-10-18/h7-8,11,15H,4-6,9-10,19H2,1-3H3,(H,20,21). The molecule has 3 nitrogen and oxygen atoms in total. The minimum Gasteiger partial charge on any atom is -0.325 e. The van der Waals surface area contributed by atoms with Gasteiger partial charge in [-0.1, -0.05) is 38.3 Å². The zero-order valence-corrected chi connectivity index (χ0v) is 13.3. The van der Waals surface area contributed by atoms with Crippen LogP contribution in [0.2, 0.25) is 0 Å². The summed E-state index contributed by atoms with van der Waals surface area (Å²) in [5, 5.41) is 2.96. The van der Waals surface area contributed by atoms with Crippen molar-refractivity contribution >= 4 is 11.6 Å². The van der Waals surface area contributed by atoms with Gasteiger partial charge in [0.2, 0.25) is 5.91 Å². The van der Waals surface area contributed by atoms with Crippen molar-refractivity contribution < 1.29 is 4.79 Å². The van der Waals surface area contributed by atoms with Gasteiger partial charge in [0, 0.05) is 11.7 Å². The van der Waals surface area contributed by atoms with Crippen LogP contribution in [-0.4, -0.2) is 5.91 Å². The molecule has 0 aromatic heterocycles. The molecule has 1 aromatic rings. The fraction of sp³-hybridized carbons (Fsp3) is 0.611. The molecule has 1 atom stereocenters. The molecule has 1 aromatic carbocycles. The lowest BCUT2D eigenvalue weighted by Crippen LogP contribution is -2.34. The van der Waals surface area contributed by atoms with Crippen molar-refractivity contribution in [2.45, 2.75) is 64.3 Å². The predicted octanol–water partition coefficient (Wildman–Crippen LogP) is 3.89. The van der Waals surface area contributed by atoms with Gasteiger partial charge in [-0.3, -0.25) is 4.79 Å². The molecule has 1 amide bonds. The molecule has 0 spiro atoms. The summed E-state index contributed by atoms with van der Waals surface area (Å²) >= 11 is 0. The van der Waals surface area contributed by atoms with Crippen molar-refractivity contribution in [3.05, 3.63) is 29.3 Å². The van der Waals surface area contributed by atoms with Crippen molar-refractivity contribution in [1.29, 1.82) is 0 Å². The van der Waals surface area contributed by atoms with E-state index in [1.54, 1.807) is 0 Å². The third-order valence-corrected chi connectivity index (χ3v) is 5.64. The maximum atomic E-state index is 12.1. The lowest BCUT2D eigenvalue weighted by Gasteiger charge is -2.39. The maximum Gasteiger partial charge on any atom is 0.234 e. The Morgan fingerprint density at radius 1 is 1.14 bits per heavy atom. The second-order valence-corrected chi connectivity index (χ2v) is 7.58. The highest BCUT2D eigenvalue weighted by atomic mass is 16.2. The van der Waals surface area contributed by atoms with Crippen LogP contribution in [-0.2, 0) is 10.2 Å². The normalized spacial score (nSPS) is 24.3. The van der Waals surface area contributed by atoms with Gasteiger partial charge in [0.15, 0.2) is 0 Å². The van der Waals surface area contributed by atoms with Crippen LogP contribution in [0.25, 0.3) is 0 Å². The third-order valence-electron chi connectivity index (χ3n) is 5.64. The average molecular weight is 286 g/mol. The predicted molar refractivity (Wildman–Crippen MR) is 86.2 cm³/mol. The first-order valence-electron chi connectivity index (χ1n) is 8.06. The number of rotatable bonds is 2. The van der Waals surface area contributed by atoms with Crippen LogP contribution in [0, 0.1) is 5.41 Å². The van der Waals surface area contributed by atoms with E-state index in [0.29, 0.717) is 0 Å². The molecule has 0 radical (unpaired) electrons. The molecular weight excluding hydrogens is 260 g/mol. The van der Waals surface area contributed by atoms with Gasteiger partial charge in [0.1, 0.15) is 0 Å². The average Bonchev–Trinajstić information content (AvgIpc) is 2.69. The third kappa shape index (κ3) is 2.28. The molecule has 1 fully saturated rings. The Morgan fingerprint density at radius 3 is 2.48 bits per heavy atom. The minimum absolute atomic E-state index is 0.0506. The van der Waals surface area contributed by atoms with Gasteiger partial charge in [-0.2, -0.15) is 0 Å². The van der Waals surface area contributed by atoms with Gasteiger partial charge in [0.25, 0.3) is 0 Å². The zero-order chi connectivity index (χ0) is 15.3. The van der Waals surface area contributed by atoms with Gasteiger partial charge in [-0.15, -0.1) is 0 Å². The smallest absolute Gasteiger partial charge is 0.234 e. The van der Waals surface area contributed by atoms with Gasteiger partial charge in [-0.25, -0.2) is 0 Å². The molecule has 0 bridgehead atoms. The molecule has 1 unspecified atom stereocenters. The number of carbonyl (C=O) groups is 1. The van der Waals surface area contributed by atoms with E-state index in [2.05, 4.69) is 24.4 Å². The Labute approximate surface area is 127 Å². The maximum absolute atomic E-state index is 12.1. The lowest BCUT2D eigenvalue weighted by molar-refractivity contribution is -0.119. The van der Waals surface area contributed by atoms with Crippen molar-refractivity contribution in [1.82, 2.24) is 0 Å². The van der Waals surface area contributed by atoms with Crippen molar-refractivity contribution in [2.24, 2.45) is 11.1 Å². The minimum atomic E-state index is -0.460. The number of anilines is 1. The molecule has 0 saturated heterocycles. The Morgan fingerprint density at radius 2 is 1.81 bits per heavy atom. The highest BCUT2D eigenvalue weighted by Crippen LogP contribution is 2.46. The van der Waals surface area contributed by atoms with Crippen LogP contribution in [0.15, 0.2) is 18.2 Å². The first-order chi connectivity index (χ1) is 9.84. The van der Waals surface area contributed by atoms with Gasteiger partial charge in [-0.05, 0) is 49.3 Å². The Bertz CT molecular complexity index is 571. The summed E-state index contributed by atoms with van der Waals surface area (Å²) in [5.74, 6) is 0.0760. The number of carbonyl (C=O) groups excluding carboxylic acids is 1. The first-order valence-corrected chi connectivity index (χ1v) is 8.06. The SMILES string of the molecule is CC1(C)C(=O)Nc2ccc(C(N)C3(C)CCCCC3)cc21. The number of nitrogens with two attached hydrogens (primary N) is 1. The number of hydrogen-bond donors (Lipinski definition) is 2. The molecular formula is C18H26N2O. The molecule has 1 heterocycles. The second-order valence-electron chi connectivity index (χ2n) is 7.58. The van der Waals surface area contributed by atoms with Gasteiger partial charge in [0.05, 0.1) is 5.41 Å². The quantitative estimate of drug-likeness (QED) is 0.866. The number of hydrogen-bond acceptors (Lipinski definition) is 2. The molecule has 2 aliphatic rings. The van der Waals surface area contributed by atoms with Crippen molar-refractivity contribution in [2.75, 3.05) is 5.32 Å². The number of amides is 1. The Kier molecular flexibility index (Phi) is 3.36. The molecule has 1 saturated carbocycles. The van der Waals surface area contributed by atoms with Crippen LogP contribution in [0.5, 0.6) is 0 Å². The second kappa shape index (κ2) is 4.84. The molecule has 1 aliphatic carbocycles. The van der Waals surface area contributed by atoms with Crippen LogP contribution in [0.1, 0.15) is 70.0 Å². The monoisotopic (exact) mass is 286 g/mol. The summed E-state index contributed by atoms with van der Waals surface area (Å²) in [7, 11) is 0. The fourth-order valence-corrected chi connectivity index (χ4v) is 3.86. The molecule has 3 rings (SSSR count). The van der Waals surface area contributed by atoms with Gasteiger partial charge < -0.3 is 11.1 Å². The van der Waals surface area contributed by atoms with Crippen LogP contribution < -0.4 is 11.1 Å². The summed E-state index contributed by atoms with van der Waals surface area (Å²) in [5.41, 5.74) is 9.54. The summed E-state index contributed by atoms with van der Waals surface area (Å²) < 4.78 is 0. The first kappa shape index (κ1) is 14.6. The highest BCUT2D eigenvalue weighted by Gasteiger charge is 2.40. The number of benzene rings is 1. The Balaban J connectivity index is 1.94. The molecule has 3 N–H and O–H groups in total. The molecule has 3 heteroatoms. The summed E-state index contributed by atoms with van der Waals surface area (Å²) in [6, 6.07) is 6.31. The lowest BCUT2D eigenvalue weighted by atomic mass is 9.68. The van der Waals surface area contributed by atoms with Crippen LogP contribution >= 0.6 is 0 Å². The molecule has 114 valence electrons. The summed E-state index contributed by atoms with van der Waals surface area (Å²) in [4.78, 5) is 12.1. The fourth-order valence-electron chi connectivity index (χ4n) is 3.86. The zero-order valence-electron chi connectivity index (χ0n) is 13.3. The van der Waals surface area contributed by atoms with E-state index in [4.69, 9.17) is 5.73 Å². The molecule has 1 aliphatic heterocycles. The van der Waals surface area contributed by atoms with E-state index in [1.807, 2.05) is 19.9 Å². The Hall–Kier alpha value is -1.35. The van der Waals surface area contributed by atoms with Crippen LogP contribution in [0.3, 0.4) is 0 Å². The van der Waals surface area contributed by atoms with E-state index in [0.717, 1.165) is 11.3 Å². The van der Waals surface area contributed by atoms with E-state index in [1.165, 1.54) is 37.7 Å². The number of nitrogens with one attached hydrogen (secondary N) is 1. The van der Waals surface area contributed by atoms with E-state index >= 15 is 0 Å². The van der Waals surface area contributed by atoms with E-state index < -0.39 is 5.41 Å².